The van der Waals surface area contributed by atoms with Gasteiger partial charge in [0.1, 0.15) is 22.7 Å². The molecule has 12 nitrogen and oxygen atoms in total. The summed E-state index contributed by atoms with van der Waals surface area (Å²) in [7, 11) is 2.80. The number of aromatic nitrogens is 3. The number of hydrogen-bond acceptors (Lipinski definition) is 9. The van der Waals surface area contributed by atoms with Crippen LogP contribution in [0, 0.1) is 11.3 Å². The van der Waals surface area contributed by atoms with Gasteiger partial charge in [-0.05, 0) is 55.0 Å². The highest BCUT2D eigenvalue weighted by Crippen LogP contribution is 2.43. The quantitative estimate of drug-likeness (QED) is 0.176. The van der Waals surface area contributed by atoms with Crippen LogP contribution in [0.2, 0.25) is 0 Å². The molecule has 0 unspecified atom stereocenters. The number of ether oxygens (including phenoxy) is 1. The van der Waals surface area contributed by atoms with Crippen LogP contribution in [0.15, 0.2) is 93.8 Å². The summed E-state index contributed by atoms with van der Waals surface area (Å²) in [6.45, 7) is 2.01. The van der Waals surface area contributed by atoms with Gasteiger partial charge in [-0.3, -0.25) is 4.90 Å². The van der Waals surface area contributed by atoms with E-state index in [1.807, 2.05) is 21.1 Å². The SMILES string of the molecule is COC(=O)C1=C(C)N(c2cccc(C(F)(F)F)c2)c2n[nH]c(=O)n2[C@@H]1c1ccc(C#N)cc1C[N+](C)(C)C.O=S(=O)([O-])c1ccccc1. The zero-order valence-corrected chi connectivity index (χ0v) is 27.3. The Morgan fingerprint density at radius 3 is 2.29 bits per heavy atom. The number of carbonyl (C=O) groups is 1. The van der Waals surface area contributed by atoms with E-state index < -0.39 is 39.6 Å². The fraction of sp³-hybridized carbons (Fsp3) is 0.250. The number of methoxy groups -OCH3 is 1. The van der Waals surface area contributed by atoms with Crippen molar-refractivity contribution in [1.82, 2.24) is 14.8 Å². The number of benzene rings is 3. The predicted molar refractivity (Wildman–Crippen MR) is 167 cm³/mol. The molecule has 2 heterocycles. The van der Waals surface area contributed by atoms with E-state index in [0.29, 0.717) is 27.7 Å². The number of quaternary nitrogens is 1. The van der Waals surface area contributed by atoms with Crippen molar-refractivity contribution in [1.29, 1.82) is 5.26 Å². The highest BCUT2D eigenvalue weighted by atomic mass is 32.2. The largest absolute Gasteiger partial charge is 0.744 e. The molecule has 0 radical (unpaired) electrons. The number of H-pyrrole nitrogens is 1. The third kappa shape index (κ3) is 7.65. The number of nitrogens with one attached hydrogen (secondary N) is 1. The van der Waals surface area contributed by atoms with Gasteiger partial charge < -0.3 is 13.8 Å². The van der Waals surface area contributed by atoms with Crippen LogP contribution in [-0.2, 0) is 32.4 Å². The second-order valence-electron chi connectivity index (χ2n) is 11.7. The van der Waals surface area contributed by atoms with Crippen molar-refractivity contribution in [2.45, 2.75) is 30.6 Å². The van der Waals surface area contributed by atoms with Crippen molar-refractivity contribution >= 4 is 27.7 Å². The average Bonchev–Trinajstić information content (AvgIpc) is 3.39. The standard InChI is InChI=1S/C26H25F3N6O3.C6H6O3S/c1-15-21(23(36)38-5)22(20-10-9-16(13-30)11-17(20)14-35(2,3)4)34-24(31-32-25(34)37)33(15)19-8-6-7-18(12-19)26(27,28)29;7-10(8,9)6-4-2-1-3-5-6/h6-12,22H,14H2,1-5H3;1-5H,(H,7,8,9)/t22-;/m1./s1. The van der Waals surface area contributed by atoms with Gasteiger partial charge in [-0.15, -0.1) is 5.10 Å². The molecule has 16 heteroatoms. The first-order valence-corrected chi connectivity index (χ1v) is 15.6. The topological polar surface area (TPSA) is 161 Å². The molecule has 48 heavy (non-hydrogen) atoms. The van der Waals surface area contributed by atoms with E-state index in [2.05, 4.69) is 16.3 Å². The number of hydrogen-bond donors (Lipinski definition) is 1. The lowest BCUT2D eigenvalue weighted by atomic mass is 9.89. The summed E-state index contributed by atoms with van der Waals surface area (Å²) in [5.41, 5.74) is 0.458. The summed E-state index contributed by atoms with van der Waals surface area (Å²) in [4.78, 5) is 27.5. The van der Waals surface area contributed by atoms with Gasteiger partial charge in [0.2, 0.25) is 5.95 Å². The molecule has 0 bridgehead atoms. The minimum absolute atomic E-state index is 0.00466. The van der Waals surface area contributed by atoms with Gasteiger partial charge in [0, 0.05) is 16.9 Å². The minimum atomic E-state index is -4.61. The number of rotatable bonds is 6. The van der Waals surface area contributed by atoms with Gasteiger partial charge >= 0.3 is 17.8 Å². The number of esters is 1. The lowest BCUT2D eigenvalue weighted by Gasteiger charge is -2.36. The number of aromatic amines is 1. The molecule has 0 aliphatic carbocycles. The molecule has 0 spiro atoms. The zero-order chi connectivity index (χ0) is 35.6. The molecule has 1 atom stereocenters. The predicted octanol–water partition coefficient (Wildman–Crippen LogP) is 4.45. The van der Waals surface area contributed by atoms with Crippen molar-refractivity contribution in [3.05, 3.63) is 117 Å². The lowest BCUT2D eigenvalue weighted by Crippen LogP contribution is -2.39. The molecule has 1 aromatic heterocycles. The van der Waals surface area contributed by atoms with Crippen molar-refractivity contribution in [3.8, 4) is 6.07 Å². The van der Waals surface area contributed by atoms with E-state index in [4.69, 9.17) is 4.74 Å². The number of fused-ring (bicyclic) bond motifs is 1. The minimum Gasteiger partial charge on any atom is -0.744 e. The molecule has 1 aliphatic heterocycles. The van der Waals surface area contributed by atoms with Crippen LogP contribution in [0.4, 0.5) is 24.8 Å². The molecule has 3 aromatic carbocycles. The average molecular weight is 685 g/mol. The summed E-state index contributed by atoms with van der Waals surface area (Å²) in [6.07, 6.45) is -4.61. The van der Waals surface area contributed by atoms with Gasteiger partial charge in [-0.1, -0.05) is 30.3 Å². The molecule has 0 saturated carbocycles. The summed E-state index contributed by atoms with van der Waals surface area (Å²) in [6, 6.07) is 17.8. The summed E-state index contributed by atoms with van der Waals surface area (Å²) in [5.74, 6) is -0.756. The summed E-state index contributed by atoms with van der Waals surface area (Å²) in [5, 5.41) is 16.0. The van der Waals surface area contributed by atoms with Gasteiger partial charge in [0.15, 0.2) is 0 Å². The first-order chi connectivity index (χ1) is 22.4. The molecule has 0 saturated heterocycles. The summed E-state index contributed by atoms with van der Waals surface area (Å²) >= 11 is 0. The van der Waals surface area contributed by atoms with E-state index >= 15 is 0 Å². The van der Waals surface area contributed by atoms with E-state index in [1.54, 1.807) is 31.2 Å². The lowest BCUT2D eigenvalue weighted by molar-refractivity contribution is -0.884. The summed E-state index contributed by atoms with van der Waals surface area (Å²) < 4.78 is 78.2. The highest BCUT2D eigenvalue weighted by Gasteiger charge is 2.41. The molecule has 0 amide bonds. The van der Waals surface area contributed by atoms with Crippen molar-refractivity contribution < 1.29 is 40.2 Å². The number of alkyl halides is 3. The van der Waals surface area contributed by atoms with Crippen LogP contribution < -0.4 is 10.6 Å². The molecule has 5 rings (SSSR count). The van der Waals surface area contributed by atoms with Crippen LogP contribution in [0.25, 0.3) is 0 Å². The Kier molecular flexibility index (Phi) is 10.00. The third-order valence-electron chi connectivity index (χ3n) is 7.22. The molecule has 1 N–H and O–H groups in total. The molecule has 1 aliphatic rings. The normalized spacial score (nSPS) is 14.8. The Hall–Kier alpha value is -5.24. The van der Waals surface area contributed by atoms with Crippen LogP contribution >= 0.6 is 0 Å². The van der Waals surface area contributed by atoms with E-state index in [1.165, 1.54) is 53.0 Å². The Bertz CT molecular complexity index is 2080. The molecular formula is C32H31F3N6O6S. The zero-order valence-electron chi connectivity index (χ0n) is 26.4. The number of anilines is 2. The van der Waals surface area contributed by atoms with Crippen molar-refractivity contribution in [2.24, 2.45) is 0 Å². The van der Waals surface area contributed by atoms with Gasteiger partial charge in [0.05, 0.1) is 55.9 Å². The maximum absolute atomic E-state index is 13.5. The number of nitrogens with zero attached hydrogens (tertiary/aromatic N) is 5. The van der Waals surface area contributed by atoms with Crippen LogP contribution in [-0.4, -0.2) is 66.4 Å². The Balaban J connectivity index is 0.000000445. The number of carbonyl (C=O) groups excluding carboxylic acids is 1. The van der Waals surface area contributed by atoms with E-state index in [9.17, 15) is 41.0 Å². The number of halogens is 3. The smallest absolute Gasteiger partial charge is 0.416 e. The Morgan fingerprint density at radius 1 is 1.08 bits per heavy atom. The van der Waals surface area contributed by atoms with Crippen LogP contribution in [0.3, 0.4) is 0 Å². The maximum atomic E-state index is 13.5. The van der Waals surface area contributed by atoms with Gasteiger partial charge in [-0.25, -0.2) is 27.7 Å². The molecular weight excluding hydrogens is 653 g/mol. The Morgan fingerprint density at radius 2 is 1.75 bits per heavy atom. The Labute approximate surface area is 274 Å². The molecule has 252 valence electrons. The van der Waals surface area contributed by atoms with Crippen molar-refractivity contribution in [2.75, 3.05) is 33.2 Å². The van der Waals surface area contributed by atoms with Crippen molar-refractivity contribution in [3.63, 3.8) is 0 Å². The maximum Gasteiger partial charge on any atom is 0.416 e. The second kappa shape index (κ2) is 13.5. The third-order valence-corrected chi connectivity index (χ3v) is 8.07. The monoisotopic (exact) mass is 684 g/mol. The first-order valence-electron chi connectivity index (χ1n) is 14.1. The van der Waals surface area contributed by atoms with Crippen LogP contribution in [0.1, 0.15) is 35.2 Å². The highest BCUT2D eigenvalue weighted by molar-refractivity contribution is 7.85. The molecule has 0 fully saturated rings. The van der Waals surface area contributed by atoms with E-state index in [0.717, 1.165) is 12.1 Å². The first kappa shape index (κ1) is 35.6. The fourth-order valence-corrected chi connectivity index (χ4v) is 5.75. The van der Waals surface area contributed by atoms with E-state index in [-0.39, 0.29) is 27.8 Å². The number of nitriles is 1. The molecule has 4 aromatic rings. The van der Waals surface area contributed by atoms with Gasteiger partial charge in [-0.2, -0.15) is 18.4 Å². The second-order valence-corrected chi connectivity index (χ2v) is 13.1. The van der Waals surface area contributed by atoms with Crippen LogP contribution in [0.5, 0.6) is 0 Å². The number of allylic oxidation sites excluding steroid dienone is 1. The van der Waals surface area contributed by atoms with Gasteiger partial charge in [0.25, 0.3) is 0 Å². The fourth-order valence-electron chi connectivity index (χ4n) is 5.26.